The van der Waals surface area contributed by atoms with E-state index in [-0.39, 0.29) is 0 Å². The molecule has 0 spiro atoms. The van der Waals surface area contributed by atoms with Crippen molar-refractivity contribution in [2.45, 2.75) is 39.2 Å². The summed E-state index contributed by atoms with van der Waals surface area (Å²) in [5.41, 5.74) is 2.57. The molecule has 0 amide bonds. The van der Waals surface area contributed by atoms with E-state index in [0.29, 0.717) is 12.0 Å². The van der Waals surface area contributed by atoms with Crippen molar-refractivity contribution in [2.75, 3.05) is 20.3 Å². The van der Waals surface area contributed by atoms with Crippen LogP contribution in [0.1, 0.15) is 33.1 Å². The molecule has 0 radical (unpaired) electrons. The van der Waals surface area contributed by atoms with Gasteiger partial charge >= 0.3 is 0 Å². The molecule has 90 valence electrons. The second-order valence-electron chi connectivity index (χ2n) is 3.56. The number of nitrogens with one attached hydrogen (secondary N) is 2. The minimum atomic E-state index is 0.396. The van der Waals surface area contributed by atoms with Crippen LogP contribution >= 0.6 is 0 Å². The van der Waals surface area contributed by atoms with Crippen LogP contribution in [0.2, 0.25) is 0 Å². The SMILES string of the molecule is CCCC(C)NC(=NCCCOC)NN. The fraction of sp³-hybridized carbons (Fsp3) is 0.900. The highest BCUT2D eigenvalue weighted by molar-refractivity contribution is 5.79. The summed E-state index contributed by atoms with van der Waals surface area (Å²) >= 11 is 0. The molecule has 0 aromatic rings. The molecule has 4 N–H and O–H groups in total. The van der Waals surface area contributed by atoms with E-state index in [2.05, 4.69) is 29.6 Å². The topological polar surface area (TPSA) is 71.7 Å². The molecule has 0 aliphatic carbocycles. The van der Waals surface area contributed by atoms with Gasteiger partial charge in [0, 0.05) is 26.3 Å². The van der Waals surface area contributed by atoms with E-state index in [4.69, 9.17) is 10.6 Å². The number of methoxy groups -OCH3 is 1. The van der Waals surface area contributed by atoms with Crippen LogP contribution in [0.3, 0.4) is 0 Å². The molecular weight excluding hydrogens is 192 g/mol. The van der Waals surface area contributed by atoms with Gasteiger partial charge in [-0.05, 0) is 19.8 Å². The number of nitrogens with two attached hydrogens (primary N) is 1. The summed E-state index contributed by atoms with van der Waals surface area (Å²) in [6.45, 7) is 5.72. The molecule has 0 aliphatic heterocycles. The van der Waals surface area contributed by atoms with Crippen LogP contribution in [0, 0.1) is 0 Å². The Morgan fingerprint density at radius 3 is 2.80 bits per heavy atom. The van der Waals surface area contributed by atoms with Gasteiger partial charge in [0.15, 0.2) is 0 Å². The van der Waals surface area contributed by atoms with Gasteiger partial charge in [0.2, 0.25) is 5.96 Å². The summed E-state index contributed by atoms with van der Waals surface area (Å²) in [7, 11) is 1.69. The lowest BCUT2D eigenvalue weighted by Crippen LogP contribution is -2.45. The number of hydrazine groups is 1. The van der Waals surface area contributed by atoms with Gasteiger partial charge in [0.05, 0.1) is 0 Å². The molecular formula is C10H24N4O. The van der Waals surface area contributed by atoms with E-state index in [1.54, 1.807) is 7.11 Å². The molecule has 0 rings (SSSR count). The Kier molecular flexibility index (Phi) is 9.21. The second-order valence-corrected chi connectivity index (χ2v) is 3.56. The van der Waals surface area contributed by atoms with Crippen LogP contribution in [0.25, 0.3) is 0 Å². The summed E-state index contributed by atoms with van der Waals surface area (Å²) in [6.07, 6.45) is 3.17. The van der Waals surface area contributed by atoms with E-state index in [9.17, 15) is 0 Å². The van der Waals surface area contributed by atoms with E-state index in [1.165, 1.54) is 0 Å². The summed E-state index contributed by atoms with van der Waals surface area (Å²) in [5.74, 6) is 6.02. The monoisotopic (exact) mass is 216 g/mol. The number of hydrogen-bond acceptors (Lipinski definition) is 3. The minimum absolute atomic E-state index is 0.396. The number of aliphatic imine (C=N–C) groups is 1. The Hall–Kier alpha value is -0.810. The third kappa shape index (κ3) is 8.20. The molecule has 0 aliphatic rings. The average Bonchev–Trinajstić information content (AvgIpc) is 2.23. The van der Waals surface area contributed by atoms with Crippen molar-refractivity contribution >= 4 is 5.96 Å². The Morgan fingerprint density at radius 2 is 2.27 bits per heavy atom. The number of guanidine groups is 1. The standard InChI is InChI=1S/C10H24N4O/c1-4-6-9(2)13-10(14-11)12-7-5-8-15-3/h9H,4-8,11H2,1-3H3,(H2,12,13,14). The van der Waals surface area contributed by atoms with Crippen LogP contribution < -0.4 is 16.6 Å². The van der Waals surface area contributed by atoms with Gasteiger partial charge in [-0.15, -0.1) is 0 Å². The molecule has 5 nitrogen and oxygen atoms in total. The largest absolute Gasteiger partial charge is 0.385 e. The van der Waals surface area contributed by atoms with Gasteiger partial charge < -0.3 is 10.1 Å². The highest BCUT2D eigenvalue weighted by atomic mass is 16.5. The maximum Gasteiger partial charge on any atom is 0.205 e. The maximum atomic E-state index is 5.36. The van der Waals surface area contributed by atoms with Crippen LogP contribution in [-0.4, -0.2) is 32.3 Å². The zero-order valence-corrected chi connectivity index (χ0v) is 10.0. The zero-order chi connectivity index (χ0) is 11.5. The molecule has 0 aromatic heterocycles. The Balaban J connectivity index is 3.78. The molecule has 1 atom stereocenters. The third-order valence-electron chi connectivity index (χ3n) is 2.02. The zero-order valence-electron chi connectivity index (χ0n) is 10.0. The summed E-state index contributed by atoms with van der Waals surface area (Å²) in [4.78, 5) is 4.29. The fourth-order valence-corrected chi connectivity index (χ4v) is 1.27. The number of rotatable bonds is 7. The van der Waals surface area contributed by atoms with Crippen LogP contribution in [-0.2, 0) is 4.74 Å². The lowest BCUT2D eigenvalue weighted by atomic mass is 10.2. The van der Waals surface area contributed by atoms with Crippen molar-refractivity contribution in [2.24, 2.45) is 10.8 Å². The van der Waals surface area contributed by atoms with Gasteiger partial charge in [-0.3, -0.25) is 10.4 Å². The van der Waals surface area contributed by atoms with Crippen LogP contribution in [0.15, 0.2) is 4.99 Å². The van der Waals surface area contributed by atoms with Crippen molar-refractivity contribution in [3.8, 4) is 0 Å². The first-order valence-electron chi connectivity index (χ1n) is 5.51. The first-order chi connectivity index (χ1) is 7.24. The van der Waals surface area contributed by atoms with Gasteiger partial charge in [-0.1, -0.05) is 13.3 Å². The van der Waals surface area contributed by atoms with Gasteiger partial charge in [0.1, 0.15) is 0 Å². The molecule has 15 heavy (non-hydrogen) atoms. The minimum Gasteiger partial charge on any atom is -0.385 e. The van der Waals surface area contributed by atoms with E-state index >= 15 is 0 Å². The number of hydrogen-bond donors (Lipinski definition) is 3. The second kappa shape index (κ2) is 9.73. The number of nitrogens with zero attached hydrogens (tertiary/aromatic N) is 1. The molecule has 0 aromatic carbocycles. The van der Waals surface area contributed by atoms with Crippen molar-refractivity contribution in [1.29, 1.82) is 0 Å². The predicted molar refractivity (Wildman–Crippen MR) is 63.6 cm³/mol. The van der Waals surface area contributed by atoms with E-state index in [1.807, 2.05) is 0 Å². The first-order valence-corrected chi connectivity index (χ1v) is 5.51. The average molecular weight is 216 g/mol. The Bertz CT molecular complexity index is 173. The van der Waals surface area contributed by atoms with E-state index in [0.717, 1.165) is 32.4 Å². The molecule has 0 saturated heterocycles. The predicted octanol–water partition coefficient (Wildman–Crippen LogP) is 0.620. The van der Waals surface area contributed by atoms with Gasteiger partial charge in [0.25, 0.3) is 0 Å². The Morgan fingerprint density at radius 1 is 1.53 bits per heavy atom. The smallest absolute Gasteiger partial charge is 0.205 e. The van der Waals surface area contributed by atoms with Crippen molar-refractivity contribution in [3.05, 3.63) is 0 Å². The summed E-state index contributed by atoms with van der Waals surface area (Å²) < 4.78 is 4.94. The molecule has 0 fully saturated rings. The highest BCUT2D eigenvalue weighted by Gasteiger charge is 2.02. The quantitative estimate of drug-likeness (QED) is 0.192. The van der Waals surface area contributed by atoms with E-state index < -0.39 is 0 Å². The van der Waals surface area contributed by atoms with Crippen LogP contribution in [0.4, 0.5) is 0 Å². The van der Waals surface area contributed by atoms with Crippen molar-refractivity contribution in [1.82, 2.24) is 10.7 Å². The lowest BCUT2D eigenvalue weighted by Gasteiger charge is -2.15. The molecule has 5 heteroatoms. The van der Waals surface area contributed by atoms with Gasteiger partial charge in [-0.2, -0.15) is 0 Å². The molecule has 1 unspecified atom stereocenters. The lowest BCUT2D eigenvalue weighted by molar-refractivity contribution is 0.197. The number of ether oxygens (including phenoxy) is 1. The van der Waals surface area contributed by atoms with Crippen molar-refractivity contribution in [3.63, 3.8) is 0 Å². The maximum absolute atomic E-state index is 5.36. The fourth-order valence-electron chi connectivity index (χ4n) is 1.27. The third-order valence-corrected chi connectivity index (χ3v) is 2.02. The van der Waals surface area contributed by atoms with Crippen LogP contribution in [0.5, 0.6) is 0 Å². The molecule has 0 bridgehead atoms. The van der Waals surface area contributed by atoms with Gasteiger partial charge in [-0.25, -0.2) is 5.84 Å². The molecule has 0 saturated carbocycles. The normalized spacial score (nSPS) is 13.7. The van der Waals surface area contributed by atoms with Crippen molar-refractivity contribution < 1.29 is 4.74 Å². The first kappa shape index (κ1) is 14.2. The molecule has 0 heterocycles. The highest BCUT2D eigenvalue weighted by Crippen LogP contribution is 1.94. The summed E-state index contributed by atoms with van der Waals surface area (Å²) in [6, 6.07) is 0.396. The summed E-state index contributed by atoms with van der Waals surface area (Å²) in [5, 5.41) is 3.22. The Labute approximate surface area is 92.4 Å².